The number of hydrogen-bond acceptors (Lipinski definition) is 3. The minimum Gasteiger partial charge on any atom is -0.389 e. The van der Waals surface area contributed by atoms with E-state index in [-0.39, 0.29) is 0 Å². The smallest absolute Gasteiger partial charge is 0.131 e. The molecule has 0 saturated heterocycles. The molecule has 0 amide bonds. The molecule has 2 aromatic rings. The molecule has 0 aliphatic carbocycles. The number of aromatic nitrogens is 1. The number of anilines is 2. The molecule has 0 aliphatic heterocycles. The second-order valence-electron chi connectivity index (χ2n) is 4.42. The van der Waals surface area contributed by atoms with Crippen molar-refractivity contribution >= 4 is 51.9 Å². The van der Waals surface area contributed by atoms with Gasteiger partial charge in [0.15, 0.2) is 0 Å². The summed E-state index contributed by atoms with van der Waals surface area (Å²) >= 11 is 17.4. The first-order valence-corrected chi connectivity index (χ1v) is 7.05. The number of nitrogens with zero attached hydrogens (tertiary/aromatic N) is 1. The SMILES string of the molecule is Cc1cc(C(N)=S)cc(Nc2c(Cl)ccc(C)c2Cl)n1. The molecule has 0 saturated carbocycles. The molecule has 104 valence electrons. The number of nitrogens with one attached hydrogen (secondary N) is 1. The van der Waals surface area contributed by atoms with Crippen LogP contribution in [0.3, 0.4) is 0 Å². The number of thiocarbonyl (C=S) groups is 1. The Hall–Kier alpha value is -1.36. The monoisotopic (exact) mass is 325 g/mol. The number of hydrogen-bond donors (Lipinski definition) is 2. The summed E-state index contributed by atoms with van der Waals surface area (Å²) in [6.07, 6.45) is 0. The first-order valence-electron chi connectivity index (χ1n) is 5.88. The largest absolute Gasteiger partial charge is 0.389 e. The molecule has 2 rings (SSSR count). The van der Waals surface area contributed by atoms with Gasteiger partial charge in [-0.2, -0.15) is 0 Å². The normalized spacial score (nSPS) is 10.4. The highest BCUT2D eigenvalue weighted by atomic mass is 35.5. The van der Waals surface area contributed by atoms with E-state index < -0.39 is 0 Å². The van der Waals surface area contributed by atoms with Crippen molar-refractivity contribution in [2.45, 2.75) is 13.8 Å². The molecule has 0 unspecified atom stereocenters. The summed E-state index contributed by atoms with van der Waals surface area (Å²) in [6.45, 7) is 3.78. The number of halogens is 2. The van der Waals surface area contributed by atoms with E-state index in [1.165, 1.54) is 0 Å². The zero-order valence-corrected chi connectivity index (χ0v) is 13.3. The van der Waals surface area contributed by atoms with Gasteiger partial charge in [0.1, 0.15) is 10.8 Å². The fourth-order valence-corrected chi connectivity index (χ4v) is 2.36. The van der Waals surface area contributed by atoms with E-state index in [9.17, 15) is 0 Å². The standard InChI is InChI=1S/C14H13Cl2N3S/c1-7-3-4-10(15)13(12(7)16)19-11-6-9(14(17)20)5-8(2)18-11/h3-6H,1-2H3,(H2,17,20)(H,18,19). The van der Waals surface area contributed by atoms with E-state index >= 15 is 0 Å². The predicted molar refractivity (Wildman–Crippen MR) is 89.3 cm³/mol. The number of aryl methyl sites for hydroxylation is 2. The molecular formula is C14H13Cl2N3S. The summed E-state index contributed by atoms with van der Waals surface area (Å²) < 4.78 is 0. The summed E-state index contributed by atoms with van der Waals surface area (Å²) in [4.78, 5) is 4.70. The van der Waals surface area contributed by atoms with Crippen molar-refractivity contribution in [1.82, 2.24) is 4.98 Å². The minimum absolute atomic E-state index is 0.319. The lowest BCUT2D eigenvalue weighted by Gasteiger charge is -2.13. The first-order chi connectivity index (χ1) is 9.38. The number of nitrogens with two attached hydrogens (primary N) is 1. The van der Waals surface area contributed by atoms with E-state index in [0.29, 0.717) is 26.5 Å². The molecule has 1 heterocycles. The van der Waals surface area contributed by atoms with Crippen LogP contribution >= 0.6 is 35.4 Å². The third kappa shape index (κ3) is 3.20. The zero-order valence-electron chi connectivity index (χ0n) is 11.0. The maximum atomic E-state index is 6.27. The lowest BCUT2D eigenvalue weighted by atomic mass is 10.2. The summed E-state index contributed by atoms with van der Waals surface area (Å²) in [7, 11) is 0. The molecule has 0 radical (unpaired) electrons. The van der Waals surface area contributed by atoms with Gasteiger partial charge in [-0.25, -0.2) is 4.98 Å². The topological polar surface area (TPSA) is 50.9 Å². The van der Waals surface area contributed by atoms with Gasteiger partial charge in [0.05, 0.1) is 15.7 Å². The van der Waals surface area contributed by atoms with E-state index in [2.05, 4.69) is 10.3 Å². The number of rotatable bonds is 3. The molecule has 1 aromatic heterocycles. The van der Waals surface area contributed by atoms with Crippen LogP contribution in [0.15, 0.2) is 24.3 Å². The second kappa shape index (κ2) is 5.95. The lowest BCUT2D eigenvalue weighted by molar-refractivity contribution is 1.19. The molecule has 1 aromatic carbocycles. The van der Waals surface area contributed by atoms with Crippen LogP contribution in [0, 0.1) is 13.8 Å². The number of pyridine rings is 1. The van der Waals surface area contributed by atoms with E-state index in [1.807, 2.05) is 26.0 Å². The van der Waals surface area contributed by atoms with Crippen molar-refractivity contribution in [3.8, 4) is 0 Å². The molecule has 20 heavy (non-hydrogen) atoms. The fourth-order valence-electron chi connectivity index (χ4n) is 1.77. The van der Waals surface area contributed by atoms with Crippen molar-refractivity contribution in [3.63, 3.8) is 0 Å². The molecule has 3 N–H and O–H groups in total. The van der Waals surface area contributed by atoms with Gasteiger partial charge in [-0.3, -0.25) is 0 Å². The van der Waals surface area contributed by atoms with E-state index in [1.54, 1.807) is 12.1 Å². The molecule has 6 heteroatoms. The molecule has 0 fully saturated rings. The van der Waals surface area contributed by atoms with Crippen LogP contribution in [0.2, 0.25) is 10.0 Å². The second-order valence-corrected chi connectivity index (χ2v) is 5.65. The molecule has 0 spiro atoms. The number of benzene rings is 1. The Morgan fingerprint density at radius 1 is 1.25 bits per heavy atom. The average Bonchev–Trinajstić information content (AvgIpc) is 2.38. The van der Waals surface area contributed by atoms with Crippen molar-refractivity contribution in [3.05, 3.63) is 51.1 Å². The molecule has 0 atom stereocenters. The maximum Gasteiger partial charge on any atom is 0.131 e. The molecule has 3 nitrogen and oxygen atoms in total. The van der Waals surface area contributed by atoms with E-state index in [4.69, 9.17) is 41.2 Å². The third-order valence-electron chi connectivity index (χ3n) is 2.78. The first kappa shape index (κ1) is 15.0. The Morgan fingerprint density at radius 3 is 2.60 bits per heavy atom. The quantitative estimate of drug-likeness (QED) is 0.822. The van der Waals surface area contributed by atoms with Crippen LogP contribution in [0.25, 0.3) is 0 Å². The van der Waals surface area contributed by atoms with Gasteiger partial charge in [0.25, 0.3) is 0 Å². The summed E-state index contributed by atoms with van der Waals surface area (Å²) in [5.41, 5.74) is 8.76. The van der Waals surface area contributed by atoms with Gasteiger partial charge >= 0.3 is 0 Å². The van der Waals surface area contributed by atoms with Crippen LogP contribution in [-0.4, -0.2) is 9.97 Å². The Kier molecular flexibility index (Phi) is 4.48. The minimum atomic E-state index is 0.319. The van der Waals surface area contributed by atoms with Crippen LogP contribution in [-0.2, 0) is 0 Å². The van der Waals surface area contributed by atoms with Gasteiger partial charge in [0.2, 0.25) is 0 Å². The van der Waals surface area contributed by atoms with Crippen LogP contribution in [0.1, 0.15) is 16.8 Å². The van der Waals surface area contributed by atoms with Crippen molar-refractivity contribution in [1.29, 1.82) is 0 Å². The van der Waals surface area contributed by atoms with Gasteiger partial charge in [-0.1, -0.05) is 41.5 Å². The zero-order chi connectivity index (χ0) is 14.9. The Morgan fingerprint density at radius 2 is 1.95 bits per heavy atom. The molecule has 0 bridgehead atoms. The molecule has 0 aliphatic rings. The van der Waals surface area contributed by atoms with Crippen LogP contribution in [0.4, 0.5) is 11.5 Å². The summed E-state index contributed by atoms with van der Waals surface area (Å²) in [5, 5.41) is 4.22. The van der Waals surface area contributed by atoms with E-state index in [0.717, 1.165) is 16.8 Å². The van der Waals surface area contributed by atoms with Crippen LogP contribution < -0.4 is 11.1 Å². The van der Waals surface area contributed by atoms with Gasteiger partial charge in [-0.15, -0.1) is 0 Å². The Balaban J connectivity index is 2.45. The van der Waals surface area contributed by atoms with Crippen molar-refractivity contribution in [2.24, 2.45) is 5.73 Å². The van der Waals surface area contributed by atoms with Crippen LogP contribution in [0.5, 0.6) is 0 Å². The van der Waals surface area contributed by atoms with Crippen molar-refractivity contribution < 1.29 is 0 Å². The Bertz CT molecular complexity index is 686. The third-order valence-corrected chi connectivity index (χ3v) is 3.81. The summed E-state index contributed by atoms with van der Waals surface area (Å²) in [6, 6.07) is 7.24. The maximum absolute atomic E-state index is 6.27. The van der Waals surface area contributed by atoms with Gasteiger partial charge < -0.3 is 11.1 Å². The lowest BCUT2D eigenvalue weighted by Crippen LogP contribution is -2.11. The van der Waals surface area contributed by atoms with Gasteiger partial charge in [-0.05, 0) is 37.6 Å². The highest BCUT2D eigenvalue weighted by molar-refractivity contribution is 7.80. The fraction of sp³-hybridized carbons (Fsp3) is 0.143. The highest BCUT2D eigenvalue weighted by Gasteiger charge is 2.10. The summed E-state index contributed by atoms with van der Waals surface area (Å²) in [5.74, 6) is 0.599. The Labute approximate surface area is 133 Å². The van der Waals surface area contributed by atoms with Gasteiger partial charge in [0, 0.05) is 11.3 Å². The predicted octanol–water partition coefficient (Wildman–Crippen LogP) is 4.38. The average molecular weight is 326 g/mol. The van der Waals surface area contributed by atoms with Crippen molar-refractivity contribution in [2.75, 3.05) is 5.32 Å². The highest BCUT2D eigenvalue weighted by Crippen LogP contribution is 2.34. The molecular weight excluding hydrogens is 313 g/mol.